The molecule has 0 fully saturated rings. The lowest BCUT2D eigenvalue weighted by Gasteiger charge is -2.08. The van der Waals surface area contributed by atoms with E-state index in [1.165, 1.54) is 23.9 Å². The Kier molecular flexibility index (Phi) is 4.90. The van der Waals surface area contributed by atoms with E-state index >= 15 is 0 Å². The minimum Gasteiger partial charge on any atom is -0.497 e. The summed E-state index contributed by atoms with van der Waals surface area (Å²) in [5, 5.41) is 7.05. The molecule has 1 N–H and O–H groups in total. The van der Waals surface area contributed by atoms with Crippen LogP contribution in [0.2, 0.25) is 5.02 Å². The minimum atomic E-state index is -0.777. The van der Waals surface area contributed by atoms with Crippen molar-refractivity contribution in [1.29, 1.82) is 0 Å². The number of ether oxygens (including phenoxy) is 1. The fourth-order valence-electron chi connectivity index (χ4n) is 2.39. The summed E-state index contributed by atoms with van der Waals surface area (Å²) in [6.45, 7) is 1.66. The van der Waals surface area contributed by atoms with Crippen molar-refractivity contribution in [1.82, 2.24) is 9.78 Å². The van der Waals surface area contributed by atoms with Gasteiger partial charge in [0.15, 0.2) is 11.5 Å². The Morgan fingerprint density at radius 2 is 1.96 bits per heavy atom. The lowest BCUT2D eigenvalue weighted by molar-refractivity contribution is 0.102. The smallest absolute Gasteiger partial charge is 0.276 e. The zero-order valence-corrected chi connectivity index (χ0v) is 14.6. The quantitative estimate of drug-likeness (QED) is 0.734. The maximum Gasteiger partial charge on any atom is 0.276 e. The molecular formula is C18H14ClF2N3O2. The van der Waals surface area contributed by atoms with Gasteiger partial charge in [0.25, 0.3) is 5.91 Å². The number of hydrogen-bond acceptors (Lipinski definition) is 3. The van der Waals surface area contributed by atoms with Crippen LogP contribution in [0.15, 0.2) is 42.5 Å². The standard InChI is InChI=1S/C18H14ClF2N3O2/c1-10-7-16(23-24(10)17-6-3-11(20)8-14(17)21)18(25)22-15-5-4-12(26-2)9-13(15)19/h3-9H,1-2H3,(H,22,25). The zero-order chi connectivity index (χ0) is 18.8. The van der Waals surface area contributed by atoms with Crippen LogP contribution in [-0.4, -0.2) is 22.8 Å². The molecule has 0 aliphatic carbocycles. The van der Waals surface area contributed by atoms with Gasteiger partial charge in [-0.25, -0.2) is 13.5 Å². The van der Waals surface area contributed by atoms with Gasteiger partial charge in [-0.2, -0.15) is 5.10 Å². The van der Waals surface area contributed by atoms with Gasteiger partial charge in [-0.1, -0.05) is 11.6 Å². The molecule has 0 unspecified atom stereocenters. The number of nitrogens with one attached hydrogen (secondary N) is 1. The molecular weight excluding hydrogens is 364 g/mol. The second-order valence-electron chi connectivity index (χ2n) is 5.48. The van der Waals surface area contributed by atoms with E-state index in [-0.39, 0.29) is 11.4 Å². The van der Waals surface area contributed by atoms with Crippen molar-refractivity contribution >= 4 is 23.2 Å². The average molecular weight is 378 g/mol. The first-order valence-electron chi connectivity index (χ1n) is 7.56. The van der Waals surface area contributed by atoms with E-state index in [1.807, 2.05) is 0 Å². The van der Waals surface area contributed by atoms with Crippen molar-refractivity contribution in [2.24, 2.45) is 0 Å². The Morgan fingerprint density at radius 3 is 2.62 bits per heavy atom. The molecule has 1 heterocycles. The SMILES string of the molecule is COc1ccc(NC(=O)c2cc(C)n(-c3ccc(F)cc3F)n2)c(Cl)c1. The van der Waals surface area contributed by atoms with Gasteiger partial charge in [0, 0.05) is 17.8 Å². The Hall–Kier alpha value is -2.93. The van der Waals surface area contributed by atoms with Gasteiger partial charge in [-0.15, -0.1) is 0 Å². The lowest BCUT2D eigenvalue weighted by atomic mass is 10.2. The molecule has 3 aromatic rings. The van der Waals surface area contributed by atoms with Crippen LogP contribution < -0.4 is 10.1 Å². The van der Waals surface area contributed by atoms with Crippen LogP contribution in [0.25, 0.3) is 5.69 Å². The number of halogens is 3. The maximum absolute atomic E-state index is 14.0. The van der Waals surface area contributed by atoms with Crippen molar-refractivity contribution in [3.05, 3.63) is 70.5 Å². The highest BCUT2D eigenvalue weighted by Crippen LogP contribution is 2.27. The van der Waals surface area contributed by atoms with Crippen LogP contribution in [0, 0.1) is 18.6 Å². The molecule has 0 spiro atoms. The van der Waals surface area contributed by atoms with Gasteiger partial charge in [-0.3, -0.25) is 4.79 Å². The third-order valence-corrected chi connectivity index (χ3v) is 4.00. The van der Waals surface area contributed by atoms with Crippen LogP contribution in [0.1, 0.15) is 16.2 Å². The van der Waals surface area contributed by atoms with Crippen LogP contribution in [0.5, 0.6) is 5.75 Å². The monoisotopic (exact) mass is 377 g/mol. The van der Waals surface area contributed by atoms with Gasteiger partial charge in [0.1, 0.15) is 17.3 Å². The van der Waals surface area contributed by atoms with E-state index in [2.05, 4.69) is 10.4 Å². The molecule has 0 aliphatic heterocycles. The third-order valence-electron chi connectivity index (χ3n) is 3.68. The molecule has 3 rings (SSSR count). The Labute approximate surface area is 153 Å². The molecule has 2 aromatic carbocycles. The summed E-state index contributed by atoms with van der Waals surface area (Å²) in [5.74, 6) is -1.43. The molecule has 26 heavy (non-hydrogen) atoms. The first kappa shape index (κ1) is 17.9. The summed E-state index contributed by atoms with van der Waals surface area (Å²) in [6.07, 6.45) is 0. The fourth-order valence-corrected chi connectivity index (χ4v) is 2.61. The second-order valence-corrected chi connectivity index (χ2v) is 5.89. The minimum absolute atomic E-state index is 0.0467. The van der Waals surface area contributed by atoms with Gasteiger partial charge >= 0.3 is 0 Å². The van der Waals surface area contributed by atoms with E-state index in [9.17, 15) is 13.6 Å². The van der Waals surface area contributed by atoms with Crippen LogP contribution in [-0.2, 0) is 0 Å². The molecule has 134 valence electrons. The van der Waals surface area contributed by atoms with Crippen LogP contribution >= 0.6 is 11.6 Å². The number of nitrogens with zero attached hydrogens (tertiary/aromatic N) is 2. The van der Waals surface area contributed by atoms with Crippen molar-refractivity contribution < 1.29 is 18.3 Å². The number of carbonyl (C=O) groups is 1. The number of aromatic nitrogens is 2. The van der Waals surface area contributed by atoms with Crippen molar-refractivity contribution in [3.63, 3.8) is 0 Å². The van der Waals surface area contributed by atoms with E-state index in [1.54, 1.807) is 25.1 Å². The van der Waals surface area contributed by atoms with E-state index in [4.69, 9.17) is 16.3 Å². The number of carbonyl (C=O) groups excluding carboxylic acids is 1. The topological polar surface area (TPSA) is 56.1 Å². The van der Waals surface area contributed by atoms with Crippen molar-refractivity contribution in [3.8, 4) is 11.4 Å². The zero-order valence-electron chi connectivity index (χ0n) is 13.9. The highest BCUT2D eigenvalue weighted by Gasteiger charge is 2.17. The Morgan fingerprint density at radius 1 is 1.19 bits per heavy atom. The van der Waals surface area contributed by atoms with Gasteiger partial charge < -0.3 is 10.1 Å². The number of benzene rings is 2. The van der Waals surface area contributed by atoms with Crippen molar-refractivity contribution in [2.75, 3.05) is 12.4 Å². The first-order valence-corrected chi connectivity index (χ1v) is 7.94. The number of aryl methyl sites for hydroxylation is 1. The summed E-state index contributed by atoms with van der Waals surface area (Å²) >= 11 is 6.10. The molecule has 1 amide bonds. The van der Waals surface area contributed by atoms with Gasteiger partial charge in [-0.05, 0) is 37.3 Å². The normalized spacial score (nSPS) is 10.7. The number of anilines is 1. The number of rotatable bonds is 4. The Balaban J connectivity index is 1.87. The summed E-state index contributed by atoms with van der Waals surface area (Å²) in [7, 11) is 1.51. The number of hydrogen-bond donors (Lipinski definition) is 1. The largest absolute Gasteiger partial charge is 0.497 e. The summed E-state index contributed by atoms with van der Waals surface area (Å²) < 4.78 is 33.3. The molecule has 0 radical (unpaired) electrons. The van der Waals surface area contributed by atoms with Gasteiger partial charge in [0.05, 0.1) is 17.8 Å². The molecule has 0 atom stereocenters. The third kappa shape index (κ3) is 3.52. The lowest BCUT2D eigenvalue weighted by Crippen LogP contribution is -2.13. The second kappa shape index (κ2) is 7.13. The summed E-state index contributed by atoms with van der Waals surface area (Å²) in [4.78, 5) is 12.4. The fraction of sp³-hybridized carbons (Fsp3) is 0.111. The first-order chi connectivity index (χ1) is 12.4. The van der Waals surface area contributed by atoms with E-state index in [0.29, 0.717) is 22.2 Å². The number of methoxy groups -OCH3 is 1. The maximum atomic E-state index is 14.0. The highest BCUT2D eigenvalue weighted by atomic mass is 35.5. The van der Waals surface area contributed by atoms with E-state index in [0.717, 1.165) is 12.1 Å². The molecule has 8 heteroatoms. The number of amides is 1. The van der Waals surface area contributed by atoms with Crippen LogP contribution in [0.3, 0.4) is 0 Å². The van der Waals surface area contributed by atoms with Crippen molar-refractivity contribution in [2.45, 2.75) is 6.92 Å². The molecule has 1 aromatic heterocycles. The molecule has 0 bridgehead atoms. The predicted molar refractivity (Wildman–Crippen MR) is 94.2 cm³/mol. The van der Waals surface area contributed by atoms with E-state index < -0.39 is 17.5 Å². The summed E-state index contributed by atoms with van der Waals surface area (Å²) in [6, 6.07) is 9.45. The van der Waals surface area contributed by atoms with Crippen LogP contribution in [0.4, 0.5) is 14.5 Å². The molecule has 0 aliphatic rings. The molecule has 0 saturated carbocycles. The van der Waals surface area contributed by atoms with Gasteiger partial charge in [0.2, 0.25) is 0 Å². The molecule has 5 nitrogen and oxygen atoms in total. The Bertz CT molecular complexity index is 989. The molecule has 0 saturated heterocycles. The highest BCUT2D eigenvalue weighted by molar-refractivity contribution is 6.34. The average Bonchev–Trinajstić information content (AvgIpc) is 2.98. The predicted octanol–water partition coefficient (Wildman–Crippen LogP) is 4.37. The summed E-state index contributed by atoms with van der Waals surface area (Å²) in [5.41, 5.74) is 1.02.